The SMILES string of the molecule is CC12CCC(C(=O)N(CC(=O)Nc3ccc(S(=O)(=O)Nc4ncccn4)cc3)C1=O)C2(C)C. The molecule has 1 aliphatic carbocycles. The van der Waals surface area contributed by atoms with Gasteiger partial charge in [0.25, 0.3) is 10.0 Å². The first kappa shape index (κ1) is 22.8. The lowest BCUT2D eigenvalue weighted by Crippen LogP contribution is -2.60. The largest absolute Gasteiger partial charge is 0.325 e. The minimum absolute atomic E-state index is 0.0407. The van der Waals surface area contributed by atoms with E-state index < -0.39 is 26.8 Å². The Kier molecular flexibility index (Phi) is 5.47. The molecule has 1 aliphatic heterocycles. The quantitative estimate of drug-likeness (QED) is 0.615. The van der Waals surface area contributed by atoms with E-state index in [1.54, 1.807) is 6.07 Å². The van der Waals surface area contributed by atoms with Crippen molar-refractivity contribution in [3.63, 3.8) is 0 Å². The summed E-state index contributed by atoms with van der Waals surface area (Å²) in [6, 6.07) is 7.05. The fraction of sp³-hybridized carbons (Fsp3) is 0.409. The monoisotopic (exact) mass is 471 g/mol. The van der Waals surface area contributed by atoms with Gasteiger partial charge in [-0.15, -0.1) is 0 Å². The maximum absolute atomic E-state index is 13.1. The molecule has 33 heavy (non-hydrogen) atoms. The second-order valence-electron chi connectivity index (χ2n) is 9.13. The van der Waals surface area contributed by atoms with Crippen molar-refractivity contribution in [3.05, 3.63) is 42.7 Å². The minimum Gasteiger partial charge on any atom is -0.325 e. The maximum Gasteiger partial charge on any atom is 0.264 e. The molecule has 2 aliphatic rings. The van der Waals surface area contributed by atoms with E-state index in [9.17, 15) is 22.8 Å². The third-order valence-electron chi connectivity index (χ3n) is 7.05. The Morgan fingerprint density at radius 3 is 2.39 bits per heavy atom. The second-order valence-corrected chi connectivity index (χ2v) is 10.8. The van der Waals surface area contributed by atoms with Crippen molar-refractivity contribution in [1.29, 1.82) is 0 Å². The number of anilines is 2. The third-order valence-corrected chi connectivity index (χ3v) is 8.39. The number of likely N-dealkylation sites (tertiary alicyclic amines) is 1. The number of sulfonamides is 1. The highest BCUT2D eigenvalue weighted by molar-refractivity contribution is 7.92. The van der Waals surface area contributed by atoms with E-state index >= 15 is 0 Å². The van der Waals surface area contributed by atoms with Gasteiger partial charge < -0.3 is 5.32 Å². The number of hydrogen-bond acceptors (Lipinski definition) is 7. The van der Waals surface area contributed by atoms with Crippen LogP contribution in [-0.2, 0) is 24.4 Å². The summed E-state index contributed by atoms with van der Waals surface area (Å²) in [7, 11) is -3.90. The predicted octanol–water partition coefficient (Wildman–Crippen LogP) is 2.03. The first-order valence-electron chi connectivity index (χ1n) is 10.5. The molecule has 1 saturated carbocycles. The van der Waals surface area contributed by atoms with Gasteiger partial charge in [0.2, 0.25) is 23.7 Å². The summed E-state index contributed by atoms with van der Waals surface area (Å²) < 4.78 is 27.2. The number of fused-ring (bicyclic) bond motifs is 2. The molecular weight excluding hydrogens is 446 g/mol. The highest BCUT2D eigenvalue weighted by atomic mass is 32.2. The first-order valence-corrected chi connectivity index (χ1v) is 12.0. The first-order chi connectivity index (χ1) is 15.5. The number of amides is 3. The Labute approximate surface area is 191 Å². The van der Waals surface area contributed by atoms with Crippen molar-refractivity contribution in [2.75, 3.05) is 16.6 Å². The Bertz CT molecular complexity index is 1210. The zero-order valence-corrected chi connectivity index (χ0v) is 19.3. The number of nitrogens with zero attached hydrogens (tertiary/aromatic N) is 3. The Balaban J connectivity index is 1.42. The molecular formula is C22H25N5O5S. The van der Waals surface area contributed by atoms with E-state index in [-0.39, 0.29) is 35.1 Å². The Morgan fingerprint density at radius 1 is 1.12 bits per heavy atom. The van der Waals surface area contributed by atoms with Crippen molar-refractivity contribution in [2.45, 2.75) is 38.5 Å². The normalized spacial score (nSPS) is 24.0. The Morgan fingerprint density at radius 2 is 1.76 bits per heavy atom. The molecule has 10 nitrogen and oxygen atoms in total. The number of piperidine rings is 1. The van der Waals surface area contributed by atoms with E-state index in [0.29, 0.717) is 18.5 Å². The molecule has 4 rings (SSSR count). The topological polar surface area (TPSA) is 138 Å². The number of benzene rings is 1. The molecule has 1 saturated heterocycles. The van der Waals surface area contributed by atoms with Crippen LogP contribution in [0.2, 0.25) is 0 Å². The number of rotatable bonds is 6. The predicted molar refractivity (Wildman–Crippen MR) is 119 cm³/mol. The smallest absolute Gasteiger partial charge is 0.264 e. The Hall–Kier alpha value is -3.34. The molecule has 2 bridgehead atoms. The average molecular weight is 472 g/mol. The number of aromatic nitrogens is 2. The summed E-state index contributed by atoms with van der Waals surface area (Å²) in [4.78, 5) is 47.2. The van der Waals surface area contributed by atoms with Crippen molar-refractivity contribution in [1.82, 2.24) is 14.9 Å². The van der Waals surface area contributed by atoms with E-state index in [1.807, 2.05) is 20.8 Å². The zero-order chi connectivity index (χ0) is 24.0. The van der Waals surface area contributed by atoms with E-state index in [0.717, 1.165) is 4.90 Å². The molecule has 0 spiro atoms. The highest BCUT2D eigenvalue weighted by Crippen LogP contribution is 2.59. The lowest BCUT2D eigenvalue weighted by molar-refractivity contribution is -0.168. The van der Waals surface area contributed by atoms with Gasteiger partial charge in [-0.1, -0.05) is 20.8 Å². The van der Waals surface area contributed by atoms with E-state index in [4.69, 9.17) is 0 Å². The molecule has 2 N–H and O–H groups in total. The van der Waals surface area contributed by atoms with Crippen LogP contribution in [0.1, 0.15) is 33.6 Å². The van der Waals surface area contributed by atoms with Crippen LogP contribution in [0.3, 0.4) is 0 Å². The van der Waals surface area contributed by atoms with E-state index in [1.165, 1.54) is 36.7 Å². The van der Waals surface area contributed by atoms with Crippen LogP contribution >= 0.6 is 0 Å². The van der Waals surface area contributed by atoms with Crippen molar-refractivity contribution < 1.29 is 22.8 Å². The van der Waals surface area contributed by atoms with Gasteiger partial charge in [-0.25, -0.2) is 23.1 Å². The van der Waals surface area contributed by atoms with Crippen molar-refractivity contribution in [3.8, 4) is 0 Å². The van der Waals surface area contributed by atoms with Crippen LogP contribution < -0.4 is 10.0 Å². The number of imide groups is 1. The van der Waals surface area contributed by atoms with E-state index in [2.05, 4.69) is 20.0 Å². The van der Waals surface area contributed by atoms with Gasteiger partial charge in [0.05, 0.1) is 10.3 Å². The number of nitrogens with one attached hydrogen (secondary N) is 2. The molecule has 1 aromatic heterocycles. The summed E-state index contributed by atoms with van der Waals surface area (Å²) in [5.41, 5.74) is -0.799. The van der Waals surface area contributed by atoms with Gasteiger partial charge in [0.1, 0.15) is 6.54 Å². The third kappa shape index (κ3) is 3.86. The molecule has 3 amide bonds. The van der Waals surface area contributed by atoms with Gasteiger partial charge in [-0.2, -0.15) is 0 Å². The summed E-state index contributed by atoms with van der Waals surface area (Å²) in [6.07, 6.45) is 4.07. The van der Waals surface area contributed by atoms with Crippen LogP contribution in [0, 0.1) is 16.7 Å². The van der Waals surface area contributed by atoms with Gasteiger partial charge in [0.15, 0.2) is 0 Å². The summed E-state index contributed by atoms with van der Waals surface area (Å²) in [6.45, 7) is 5.35. The molecule has 2 unspecified atom stereocenters. The van der Waals surface area contributed by atoms with Gasteiger partial charge >= 0.3 is 0 Å². The fourth-order valence-electron chi connectivity index (χ4n) is 4.64. The lowest BCUT2D eigenvalue weighted by atomic mass is 9.62. The molecule has 2 heterocycles. The van der Waals surface area contributed by atoms with Crippen molar-refractivity contribution in [2.24, 2.45) is 16.7 Å². The molecule has 174 valence electrons. The van der Waals surface area contributed by atoms with Gasteiger partial charge in [0, 0.05) is 24.0 Å². The lowest BCUT2D eigenvalue weighted by Gasteiger charge is -2.47. The van der Waals surface area contributed by atoms with Crippen LogP contribution in [0.4, 0.5) is 11.6 Å². The number of hydrogen-bond donors (Lipinski definition) is 2. The van der Waals surface area contributed by atoms with Gasteiger partial charge in [-0.05, 0) is 48.6 Å². The standard InChI is InChI=1S/C22H25N5O5S/c1-21(2)16-9-10-22(21,3)19(30)27(18(16)29)13-17(28)25-14-5-7-15(8-6-14)33(31,32)26-20-23-11-4-12-24-20/h4-8,11-12,16H,9-10,13H2,1-3H3,(H,25,28)(H,23,24,26). The number of carbonyl (C=O) groups is 3. The molecule has 2 atom stereocenters. The number of carbonyl (C=O) groups excluding carboxylic acids is 3. The zero-order valence-electron chi connectivity index (χ0n) is 18.5. The van der Waals surface area contributed by atoms with Crippen LogP contribution in [0.25, 0.3) is 0 Å². The van der Waals surface area contributed by atoms with Gasteiger partial charge in [-0.3, -0.25) is 19.3 Å². The van der Waals surface area contributed by atoms with Crippen LogP contribution in [-0.4, -0.2) is 47.6 Å². The van der Waals surface area contributed by atoms with Crippen LogP contribution in [0.15, 0.2) is 47.6 Å². The summed E-state index contributed by atoms with van der Waals surface area (Å²) >= 11 is 0. The van der Waals surface area contributed by atoms with Crippen molar-refractivity contribution >= 4 is 39.4 Å². The van der Waals surface area contributed by atoms with Crippen LogP contribution in [0.5, 0.6) is 0 Å². The molecule has 2 fully saturated rings. The molecule has 0 radical (unpaired) electrons. The molecule has 2 aromatic rings. The molecule has 11 heteroatoms. The summed E-state index contributed by atoms with van der Waals surface area (Å²) in [5.74, 6) is -1.52. The molecule has 1 aromatic carbocycles. The highest BCUT2D eigenvalue weighted by Gasteiger charge is 2.64. The average Bonchev–Trinajstić information content (AvgIpc) is 2.95. The minimum atomic E-state index is -3.90. The maximum atomic E-state index is 13.1. The second kappa shape index (κ2) is 7.91. The summed E-state index contributed by atoms with van der Waals surface area (Å²) in [5, 5.41) is 2.62. The fourth-order valence-corrected chi connectivity index (χ4v) is 5.60.